The third kappa shape index (κ3) is 4.35. The molecule has 1 aromatic rings. The van der Waals surface area contributed by atoms with Gasteiger partial charge < -0.3 is 4.90 Å². The lowest BCUT2D eigenvalue weighted by atomic mass is 10.1. The van der Waals surface area contributed by atoms with Gasteiger partial charge >= 0.3 is 0 Å². The summed E-state index contributed by atoms with van der Waals surface area (Å²) in [5.41, 5.74) is 2.35. The highest BCUT2D eigenvalue weighted by molar-refractivity contribution is 6.17. The van der Waals surface area contributed by atoms with Gasteiger partial charge in [0.05, 0.1) is 0 Å². The predicted molar refractivity (Wildman–Crippen MR) is 92.3 cm³/mol. The molecule has 1 aliphatic rings. The quantitative estimate of drug-likeness (QED) is 0.659. The van der Waals surface area contributed by atoms with E-state index in [4.69, 9.17) is 16.6 Å². The molecule has 0 unspecified atom stereocenters. The van der Waals surface area contributed by atoms with Gasteiger partial charge in [0.2, 0.25) is 0 Å². The van der Waals surface area contributed by atoms with Gasteiger partial charge in [0.15, 0.2) is 0 Å². The first-order valence-corrected chi connectivity index (χ1v) is 8.88. The van der Waals surface area contributed by atoms with Crippen LogP contribution in [0.3, 0.4) is 0 Å². The van der Waals surface area contributed by atoms with Crippen LogP contribution in [0.2, 0.25) is 0 Å². The Hall–Kier alpha value is -0.760. The standard InChI is InChI=1S/C18H29ClN2/c1-13(2)12-21(16-7-5-6-8-16)18-10-15(11-19)9-17(20-18)14(3)4/h9-10,13-14,16H,5-8,11-12H2,1-4H3. The molecule has 3 heteroatoms. The Balaban J connectivity index is 2.35. The minimum Gasteiger partial charge on any atom is -0.353 e. The molecule has 1 aromatic heterocycles. The van der Waals surface area contributed by atoms with Crippen LogP contribution < -0.4 is 4.90 Å². The molecule has 0 atom stereocenters. The zero-order chi connectivity index (χ0) is 15.4. The average molecular weight is 309 g/mol. The first-order chi connectivity index (χ1) is 10.0. The van der Waals surface area contributed by atoms with Gasteiger partial charge in [-0.2, -0.15) is 0 Å². The van der Waals surface area contributed by atoms with Crippen molar-refractivity contribution >= 4 is 17.4 Å². The Labute approximate surface area is 134 Å². The van der Waals surface area contributed by atoms with Gasteiger partial charge in [-0.15, -0.1) is 11.6 Å². The van der Waals surface area contributed by atoms with Gasteiger partial charge in [-0.25, -0.2) is 4.98 Å². The maximum Gasteiger partial charge on any atom is 0.129 e. The number of alkyl halides is 1. The summed E-state index contributed by atoms with van der Waals surface area (Å²) in [6.45, 7) is 10.1. The van der Waals surface area contributed by atoms with E-state index in [1.165, 1.54) is 31.2 Å². The summed E-state index contributed by atoms with van der Waals surface area (Å²) in [4.78, 5) is 7.49. The molecule has 0 N–H and O–H groups in total. The summed E-state index contributed by atoms with van der Waals surface area (Å²) in [6, 6.07) is 5.01. The normalized spacial score (nSPS) is 16.1. The number of rotatable bonds is 6. The predicted octanol–water partition coefficient (Wildman–Crippen LogP) is 5.35. The third-order valence-corrected chi connectivity index (χ3v) is 4.57. The Morgan fingerprint density at radius 2 is 1.86 bits per heavy atom. The lowest BCUT2D eigenvalue weighted by Gasteiger charge is -2.32. The van der Waals surface area contributed by atoms with Crippen LogP contribution in [0.15, 0.2) is 12.1 Å². The second-order valence-electron chi connectivity index (χ2n) is 7.03. The van der Waals surface area contributed by atoms with Gasteiger partial charge in [-0.1, -0.05) is 40.5 Å². The minimum absolute atomic E-state index is 0.441. The lowest BCUT2D eigenvalue weighted by Crippen LogP contribution is -2.37. The van der Waals surface area contributed by atoms with Gasteiger partial charge in [0.25, 0.3) is 0 Å². The number of halogens is 1. The lowest BCUT2D eigenvalue weighted by molar-refractivity contribution is 0.530. The van der Waals surface area contributed by atoms with E-state index in [-0.39, 0.29) is 0 Å². The topological polar surface area (TPSA) is 16.1 Å². The number of hydrogen-bond donors (Lipinski definition) is 0. The van der Waals surface area contributed by atoms with E-state index in [2.05, 4.69) is 44.7 Å². The van der Waals surface area contributed by atoms with Crippen LogP contribution in [0.4, 0.5) is 5.82 Å². The molecule has 0 saturated heterocycles. The smallest absolute Gasteiger partial charge is 0.129 e. The van der Waals surface area contributed by atoms with Gasteiger partial charge in [-0.3, -0.25) is 0 Å². The number of pyridine rings is 1. The van der Waals surface area contributed by atoms with Crippen molar-refractivity contribution in [2.24, 2.45) is 5.92 Å². The summed E-state index contributed by atoms with van der Waals surface area (Å²) in [6.07, 6.45) is 5.31. The Morgan fingerprint density at radius 3 is 2.38 bits per heavy atom. The van der Waals surface area contributed by atoms with E-state index in [0.29, 0.717) is 23.8 Å². The SMILES string of the molecule is CC(C)CN(c1cc(CCl)cc(C(C)C)n1)C1CCCC1. The van der Waals surface area contributed by atoms with E-state index in [9.17, 15) is 0 Å². The molecule has 118 valence electrons. The Bertz CT molecular complexity index is 451. The number of nitrogens with zero attached hydrogens (tertiary/aromatic N) is 2. The van der Waals surface area contributed by atoms with Crippen molar-refractivity contribution < 1.29 is 0 Å². The van der Waals surface area contributed by atoms with Crippen molar-refractivity contribution in [2.75, 3.05) is 11.4 Å². The molecule has 1 saturated carbocycles. The summed E-state index contributed by atoms with van der Waals surface area (Å²) in [7, 11) is 0. The summed E-state index contributed by atoms with van der Waals surface area (Å²) in [5, 5.41) is 0. The molecule has 1 aliphatic carbocycles. The highest BCUT2D eigenvalue weighted by Crippen LogP contribution is 2.30. The minimum atomic E-state index is 0.441. The van der Waals surface area contributed by atoms with Crippen LogP contribution in [0, 0.1) is 5.92 Å². The average Bonchev–Trinajstić information content (AvgIpc) is 2.97. The highest BCUT2D eigenvalue weighted by atomic mass is 35.5. The summed E-state index contributed by atoms with van der Waals surface area (Å²) < 4.78 is 0. The summed E-state index contributed by atoms with van der Waals surface area (Å²) >= 11 is 6.10. The first-order valence-electron chi connectivity index (χ1n) is 8.34. The molecular formula is C18H29ClN2. The summed E-state index contributed by atoms with van der Waals surface area (Å²) in [5.74, 6) is 2.79. The van der Waals surface area contributed by atoms with Crippen molar-refractivity contribution in [3.8, 4) is 0 Å². The molecule has 0 aliphatic heterocycles. The van der Waals surface area contributed by atoms with Gasteiger partial charge in [0, 0.05) is 24.2 Å². The molecule has 0 spiro atoms. The van der Waals surface area contributed by atoms with Gasteiger partial charge in [0.1, 0.15) is 5.82 Å². The third-order valence-electron chi connectivity index (χ3n) is 4.26. The van der Waals surface area contributed by atoms with E-state index in [1.54, 1.807) is 0 Å². The number of hydrogen-bond acceptors (Lipinski definition) is 2. The van der Waals surface area contributed by atoms with E-state index >= 15 is 0 Å². The zero-order valence-corrected chi connectivity index (χ0v) is 14.7. The molecule has 0 aromatic carbocycles. The molecule has 0 bridgehead atoms. The Morgan fingerprint density at radius 1 is 1.19 bits per heavy atom. The van der Waals surface area contributed by atoms with Crippen molar-refractivity contribution in [3.63, 3.8) is 0 Å². The molecular weight excluding hydrogens is 280 g/mol. The number of aromatic nitrogens is 1. The zero-order valence-electron chi connectivity index (χ0n) is 13.9. The van der Waals surface area contributed by atoms with Crippen LogP contribution in [0.25, 0.3) is 0 Å². The molecule has 1 fully saturated rings. The van der Waals surface area contributed by atoms with E-state index < -0.39 is 0 Å². The van der Waals surface area contributed by atoms with Crippen LogP contribution in [0.5, 0.6) is 0 Å². The molecule has 0 radical (unpaired) electrons. The van der Waals surface area contributed by atoms with E-state index in [0.717, 1.165) is 18.1 Å². The molecule has 21 heavy (non-hydrogen) atoms. The monoisotopic (exact) mass is 308 g/mol. The fourth-order valence-corrected chi connectivity index (χ4v) is 3.31. The van der Waals surface area contributed by atoms with Crippen molar-refractivity contribution in [2.45, 2.75) is 71.2 Å². The first kappa shape index (κ1) is 16.6. The fourth-order valence-electron chi connectivity index (χ4n) is 3.15. The van der Waals surface area contributed by atoms with Crippen molar-refractivity contribution in [1.29, 1.82) is 0 Å². The molecule has 2 nitrogen and oxygen atoms in total. The van der Waals surface area contributed by atoms with Gasteiger partial charge in [-0.05, 0) is 42.4 Å². The van der Waals surface area contributed by atoms with Crippen molar-refractivity contribution in [3.05, 3.63) is 23.4 Å². The number of anilines is 1. The van der Waals surface area contributed by atoms with Crippen LogP contribution >= 0.6 is 11.6 Å². The van der Waals surface area contributed by atoms with Crippen LogP contribution in [-0.2, 0) is 5.88 Å². The molecule has 2 rings (SSSR count). The largest absolute Gasteiger partial charge is 0.353 e. The van der Waals surface area contributed by atoms with Crippen molar-refractivity contribution in [1.82, 2.24) is 4.98 Å². The highest BCUT2D eigenvalue weighted by Gasteiger charge is 2.25. The van der Waals surface area contributed by atoms with Crippen LogP contribution in [0.1, 0.15) is 70.6 Å². The molecule has 0 amide bonds. The fraction of sp³-hybridized carbons (Fsp3) is 0.722. The maximum absolute atomic E-state index is 6.10. The molecule has 1 heterocycles. The second-order valence-corrected chi connectivity index (χ2v) is 7.30. The van der Waals surface area contributed by atoms with Crippen LogP contribution in [-0.4, -0.2) is 17.6 Å². The van der Waals surface area contributed by atoms with E-state index in [1.807, 2.05) is 0 Å². The Kier molecular flexibility index (Phi) is 5.92. The second kappa shape index (κ2) is 7.49. The maximum atomic E-state index is 6.10.